The van der Waals surface area contributed by atoms with Crippen LogP contribution < -0.4 is 10.1 Å². The highest BCUT2D eigenvalue weighted by Crippen LogP contribution is 2.21. The molecule has 6 heteroatoms. The second-order valence-electron chi connectivity index (χ2n) is 5.46. The van der Waals surface area contributed by atoms with Gasteiger partial charge in [0.2, 0.25) is 0 Å². The third kappa shape index (κ3) is 4.54. The standard InChI is InChI=1S/C19H16BrFN2O2/c20-15-6-7-17(16(21)11-15)25-12-18(24)22-10-8-14-4-1-3-13-5-2-9-23-19(13)14/h1-7,9,11H,8,10,12H2,(H,22,24). The Morgan fingerprint density at radius 3 is 2.88 bits per heavy atom. The van der Waals surface area contributed by atoms with Crippen LogP contribution in [0.3, 0.4) is 0 Å². The van der Waals surface area contributed by atoms with E-state index < -0.39 is 5.82 Å². The number of benzene rings is 2. The second-order valence-corrected chi connectivity index (χ2v) is 6.37. The highest BCUT2D eigenvalue weighted by atomic mass is 79.9. The van der Waals surface area contributed by atoms with E-state index in [-0.39, 0.29) is 18.3 Å². The largest absolute Gasteiger partial charge is 0.481 e. The second kappa shape index (κ2) is 8.07. The molecule has 1 amide bonds. The molecule has 4 nitrogen and oxygen atoms in total. The fraction of sp³-hybridized carbons (Fsp3) is 0.158. The number of nitrogens with zero attached hydrogens (tertiary/aromatic N) is 1. The molecule has 1 heterocycles. The Kier molecular flexibility index (Phi) is 5.60. The van der Waals surface area contributed by atoms with Gasteiger partial charge < -0.3 is 10.1 Å². The molecule has 0 aliphatic carbocycles. The number of carbonyl (C=O) groups excluding carboxylic acids is 1. The van der Waals surface area contributed by atoms with Crippen LogP contribution in [-0.4, -0.2) is 24.0 Å². The summed E-state index contributed by atoms with van der Waals surface area (Å²) in [5.74, 6) is -0.754. The van der Waals surface area contributed by atoms with E-state index in [1.807, 2.05) is 30.3 Å². The number of aromatic nitrogens is 1. The van der Waals surface area contributed by atoms with Gasteiger partial charge in [-0.2, -0.15) is 0 Å². The summed E-state index contributed by atoms with van der Waals surface area (Å²) < 4.78 is 19.5. The van der Waals surface area contributed by atoms with E-state index in [2.05, 4.69) is 26.2 Å². The number of fused-ring (bicyclic) bond motifs is 1. The van der Waals surface area contributed by atoms with Crippen LogP contribution >= 0.6 is 15.9 Å². The van der Waals surface area contributed by atoms with Crippen molar-refractivity contribution in [2.45, 2.75) is 6.42 Å². The highest BCUT2D eigenvalue weighted by molar-refractivity contribution is 9.10. The summed E-state index contributed by atoms with van der Waals surface area (Å²) in [5, 5.41) is 3.84. The van der Waals surface area contributed by atoms with Crippen LogP contribution in [0.15, 0.2) is 59.2 Å². The van der Waals surface area contributed by atoms with Gasteiger partial charge in [-0.15, -0.1) is 0 Å². The zero-order valence-electron chi connectivity index (χ0n) is 13.3. The summed E-state index contributed by atoms with van der Waals surface area (Å²) in [7, 11) is 0. The Labute approximate surface area is 153 Å². The van der Waals surface area contributed by atoms with Gasteiger partial charge in [0.1, 0.15) is 0 Å². The van der Waals surface area contributed by atoms with Crippen LogP contribution in [0.4, 0.5) is 4.39 Å². The number of nitrogens with one attached hydrogen (secondary N) is 1. The maximum atomic E-state index is 13.6. The summed E-state index contributed by atoms with van der Waals surface area (Å²) in [5.41, 5.74) is 2.01. The van der Waals surface area contributed by atoms with Crippen molar-refractivity contribution in [1.82, 2.24) is 10.3 Å². The number of hydrogen-bond acceptors (Lipinski definition) is 3. The normalized spacial score (nSPS) is 10.6. The van der Waals surface area contributed by atoms with Crippen molar-refractivity contribution in [2.75, 3.05) is 13.2 Å². The van der Waals surface area contributed by atoms with Crippen LogP contribution in [-0.2, 0) is 11.2 Å². The lowest BCUT2D eigenvalue weighted by molar-refractivity contribution is -0.123. The first kappa shape index (κ1) is 17.4. The molecule has 0 atom stereocenters. The molecule has 25 heavy (non-hydrogen) atoms. The zero-order valence-corrected chi connectivity index (χ0v) is 14.9. The molecule has 0 radical (unpaired) electrons. The quantitative estimate of drug-likeness (QED) is 0.680. The van der Waals surface area contributed by atoms with Gasteiger partial charge in [-0.3, -0.25) is 9.78 Å². The average molecular weight is 403 g/mol. The number of pyridine rings is 1. The van der Waals surface area contributed by atoms with Gasteiger partial charge in [0.25, 0.3) is 5.91 Å². The number of amides is 1. The molecule has 0 bridgehead atoms. The minimum atomic E-state index is -0.510. The van der Waals surface area contributed by atoms with Gasteiger partial charge in [0.15, 0.2) is 18.2 Å². The van der Waals surface area contributed by atoms with Gasteiger partial charge in [-0.1, -0.05) is 40.2 Å². The molecule has 0 aliphatic rings. The molecule has 0 saturated heterocycles. The first-order chi connectivity index (χ1) is 12.1. The predicted octanol–water partition coefficient (Wildman–Crippen LogP) is 3.87. The van der Waals surface area contributed by atoms with Crippen molar-refractivity contribution in [1.29, 1.82) is 0 Å². The number of para-hydroxylation sites is 1. The molecule has 0 fully saturated rings. The molecule has 128 valence electrons. The van der Waals surface area contributed by atoms with E-state index in [1.165, 1.54) is 12.1 Å². The van der Waals surface area contributed by atoms with E-state index in [0.717, 1.165) is 16.5 Å². The fourth-order valence-electron chi connectivity index (χ4n) is 2.49. The van der Waals surface area contributed by atoms with Crippen molar-refractivity contribution >= 4 is 32.7 Å². The number of hydrogen-bond donors (Lipinski definition) is 1. The zero-order chi connectivity index (χ0) is 17.6. The monoisotopic (exact) mass is 402 g/mol. The molecular formula is C19H16BrFN2O2. The first-order valence-electron chi connectivity index (χ1n) is 7.80. The number of halogens is 2. The van der Waals surface area contributed by atoms with Gasteiger partial charge in [0.05, 0.1) is 5.52 Å². The highest BCUT2D eigenvalue weighted by Gasteiger charge is 2.08. The van der Waals surface area contributed by atoms with Crippen molar-refractivity contribution in [3.63, 3.8) is 0 Å². The summed E-state index contributed by atoms with van der Waals surface area (Å²) in [6.07, 6.45) is 2.41. The van der Waals surface area contributed by atoms with E-state index in [0.29, 0.717) is 17.4 Å². The summed E-state index contributed by atoms with van der Waals surface area (Å²) in [6.45, 7) is 0.229. The predicted molar refractivity (Wildman–Crippen MR) is 98.1 cm³/mol. The lowest BCUT2D eigenvalue weighted by Gasteiger charge is -2.09. The molecular weight excluding hydrogens is 387 g/mol. The third-order valence-electron chi connectivity index (χ3n) is 3.69. The topological polar surface area (TPSA) is 51.2 Å². The molecule has 3 rings (SSSR count). The molecule has 1 N–H and O–H groups in total. The molecule has 2 aromatic carbocycles. The van der Waals surface area contributed by atoms with E-state index in [9.17, 15) is 9.18 Å². The Bertz CT molecular complexity index is 896. The Hall–Kier alpha value is -2.47. The molecule has 0 aliphatic heterocycles. The molecule has 0 saturated carbocycles. The number of ether oxygens (including phenoxy) is 1. The van der Waals surface area contributed by atoms with E-state index >= 15 is 0 Å². The van der Waals surface area contributed by atoms with E-state index in [1.54, 1.807) is 12.3 Å². The van der Waals surface area contributed by atoms with Gasteiger partial charge in [-0.25, -0.2) is 4.39 Å². The Morgan fingerprint density at radius 1 is 1.20 bits per heavy atom. The smallest absolute Gasteiger partial charge is 0.257 e. The summed E-state index contributed by atoms with van der Waals surface area (Å²) in [4.78, 5) is 16.3. The van der Waals surface area contributed by atoms with Gasteiger partial charge >= 0.3 is 0 Å². The van der Waals surface area contributed by atoms with Crippen LogP contribution in [0, 0.1) is 5.82 Å². The third-order valence-corrected chi connectivity index (χ3v) is 4.18. The van der Waals surface area contributed by atoms with E-state index in [4.69, 9.17) is 4.74 Å². The maximum absolute atomic E-state index is 13.6. The van der Waals surface area contributed by atoms with Crippen molar-refractivity contribution < 1.29 is 13.9 Å². The minimum absolute atomic E-state index is 0.0524. The average Bonchev–Trinajstić information content (AvgIpc) is 2.61. The Morgan fingerprint density at radius 2 is 2.04 bits per heavy atom. The fourth-order valence-corrected chi connectivity index (χ4v) is 2.83. The minimum Gasteiger partial charge on any atom is -0.481 e. The molecule has 0 spiro atoms. The lowest BCUT2D eigenvalue weighted by atomic mass is 10.1. The number of rotatable bonds is 6. The molecule has 1 aromatic heterocycles. The first-order valence-corrected chi connectivity index (χ1v) is 8.60. The summed E-state index contributed by atoms with van der Waals surface area (Å²) in [6, 6.07) is 14.3. The lowest BCUT2D eigenvalue weighted by Crippen LogP contribution is -2.30. The number of carbonyl (C=O) groups is 1. The van der Waals surface area contributed by atoms with Crippen molar-refractivity contribution in [3.05, 3.63) is 70.6 Å². The summed E-state index contributed by atoms with van der Waals surface area (Å²) >= 11 is 3.17. The molecule has 3 aromatic rings. The Balaban J connectivity index is 1.51. The van der Waals surface area contributed by atoms with Gasteiger partial charge in [-0.05, 0) is 36.2 Å². The van der Waals surface area contributed by atoms with Crippen LogP contribution in [0.5, 0.6) is 5.75 Å². The van der Waals surface area contributed by atoms with Crippen LogP contribution in [0.25, 0.3) is 10.9 Å². The maximum Gasteiger partial charge on any atom is 0.257 e. The van der Waals surface area contributed by atoms with Crippen molar-refractivity contribution in [2.24, 2.45) is 0 Å². The SMILES string of the molecule is O=C(COc1ccc(Br)cc1F)NCCc1cccc2cccnc12. The van der Waals surface area contributed by atoms with Gasteiger partial charge in [0, 0.05) is 22.6 Å². The molecule has 0 unspecified atom stereocenters. The van der Waals surface area contributed by atoms with Crippen LogP contribution in [0.1, 0.15) is 5.56 Å². The van der Waals surface area contributed by atoms with Crippen molar-refractivity contribution in [3.8, 4) is 5.75 Å². The van der Waals surface area contributed by atoms with Crippen LogP contribution in [0.2, 0.25) is 0 Å².